The molecule has 3 rings (SSSR count). The maximum atomic E-state index is 13.9. The molecule has 4 N–H and O–H groups in total. The average molecular weight is 350 g/mol. The van der Waals surface area contributed by atoms with Gasteiger partial charge in [-0.1, -0.05) is 11.6 Å². The third-order valence-corrected chi connectivity index (χ3v) is 5.50. The molecule has 9 heteroatoms. The topological polar surface area (TPSA) is 97.3 Å². The molecule has 22 heavy (non-hydrogen) atoms. The predicted molar refractivity (Wildman–Crippen MR) is 82.1 cm³/mol. The molecule has 1 saturated heterocycles. The van der Waals surface area contributed by atoms with E-state index in [0.717, 1.165) is 10.4 Å². The van der Waals surface area contributed by atoms with Crippen molar-refractivity contribution in [2.75, 3.05) is 16.6 Å². The van der Waals surface area contributed by atoms with E-state index >= 15 is 0 Å². The molecule has 0 spiro atoms. The van der Waals surface area contributed by atoms with E-state index in [0.29, 0.717) is 6.42 Å². The maximum absolute atomic E-state index is 13.9. The van der Waals surface area contributed by atoms with E-state index in [-0.39, 0.29) is 34.5 Å². The predicted octanol–water partition coefficient (Wildman–Crippen LogP) is 4.03. The highest BCUT2D eigenvalue weighted by Gasteiger charge is 2.36. The summed E-state index contributed by atoms with van der Waals surface area (Å²) in [5, 5.41) is 20.2. The van der Waals surface area contributed by atoms with Crippen LogP contribution in [0.15, 0.2) is 22.6 Å². The minimum Gasteiger partial charge on any atom is -0.502 e. The lowest BCUT2D eigenvalue weighted by atomic mass is 10.1. The average Bonchev–Trinajstić information content (AvgIpc) is 2.94. The van der Waals surface area contributed by atoms with Crippen LogP contribution in [0.25, 0.3) is 11.3 Å². The molecule has 0 atom stereocenters. The van der Waals surface area contributed by atoms with E-state index in [1.165, 1.54) is 12.1 Å². The highest BCUT2D eigenvalue weighted by Crippen LogP contribution is 2.57. The number of hydrogen-bond acceptors (Lipinski definition) is 6. The first-order valence-corrected chi connectivity index (χ1v) is 8.40. The van der Waals surface area contributed by atoms with Crippen LogP contribution in [-0.2, 0) is 0 Å². The normalized spacial score (nSPS) is 18.6. The first-order valence-electron chi connectivity index (χ1n) is 6.35. The van der Waals surface area contributed by atoms with Crippen molar-refractivity contribution in [1.82, 2.24) is 0 Å². The number of halogens is 2. The van der Waals surface area contributed by atoms with Crippen LogP contribution in [0.1, 0.15) is 6.42 Å². The van der Waals surface area contributed by atoms with Crippen molar-refractivity contribution in [3.63, 3.8) is 0 Å². The Balaban J connectivity index is 2.12. The number of nitrogens with zero attached hydrogens (tertiary/aromatic N) is 1. The summed E-state index contributed by atoms with van der Waals surface area (Å²) in [4.78, 5) is 0. The molecule has 0 amide bonds. The molecule has 1 aliphatic rings. The quantitative estimate of drug-likeness (QED) is 0.653. The molecule has 2 aromatic rings. The summed E-state index contributed by atoms with van der Waals surface area (Å²) in [6.07, 6.45) is 0.490. The second-order valence-corrected chi connectivity index (χ2v) is 7.40. The first kappa shape index (κ1) is 15.3. The molecule has 0 bridgehead atoms. The van der Waals surface area contributed by atoms with Crippen molar-refractivity contribution >= 4 is 28.3 Å². The zero-order valence-corrected chi connectivity index (χ0v) is 12.7. The summed E-state index contributed by atoms with van der Waals surface area (Å²) < 4.78 is 40.1. The van der Waals surface area contributed by atoms with Crippen LogP contribution >= 0.6 is 22.4 Å². The SMILES string of the molecule is Oc1c(-c2cc(Cl)ccc2F)oc(N2CCCS2(O)O)c1O. The molecule has 1 aromatic carbocycles. The van der Waals surface area contributed by atoms with Crippen molar-refractivity contribution in [1.29, 1.82) is 0 Å². The molecule has 2 heterocycles. The van der Waals surface area contributed by atoms with Gasteiger partial charge < -0.3 is 14.6 Å². The Labute approximate surface area is 131 Å². The fourth-order valence-corrected chi connectivity index (χ4v) is 4.04. The first-order chi connectivity index (χ1) is 10.3. The molecule has 1 aliphatic heterocycles. The summed E-state index contributed by atoms with van der Waals surface area (Å²) in [6, 6.07) is 3.67. The van der Waals surface area contributed by atoms with Gasteiger partial charge in [-0.15, -0.1) is 10.8 Å². The zero-order valence-electron chi connectivity index (χ0n) is 11.2. The Hall–Kier alpha value is -1.61. The largest absolute Gasteiger partial charge is 0.502 e. The molecule has 120 valence electrons. The van der Waals surface area contributed by atoms with Gasteiger partial charge in [-0.25, -0.2) is 8.70 Å². The Kier molecular flexibility index (Phi) is 3.64. The lowest BCUT2D eigenvalue weighted by Gasteiger charge is -2.35. The summed E-state index contributed by atoms with van der Waals surface area (Å²) in [7, 11) is -3.12. The molecular weight excluding hydrogens is 337 g/mol. The summed E-state index contributed by atoms with van der Waals surface area (Å²) in [6.45, 7) is 0.236. The number of furan rings is 1. The van der Waals surface area contributed by atoms with Gasteiger partial charge in [0, 0.05) is 11.6 Å². The molecule has 0 saturated carbocycles. The minimum absolute atomic E-state index is 0.134. The second kappa shape index (κ2) is 5.24. The highest BCUT2D eigenvalue weighted by atomic mass is 35.5. The van der Waals surface area contributed by atoms with Crippen molar-refractivity contribution in [2.24, 2.45) is 0 Å². The Morgan fingerprint density at radius 2 is 1.95 bits per heavy atom. The van der Waals surface area contributed by atoms with Gasteiger partial charge >= 0.3 is 0 Å². The Morgan fingerprint density at radius 1 is 1.23 bits per heavy atom. The minimum atomic E-state index is -3.12. The Morgan fingerprint density at radius 3 is 2.59 bits per heavy atom. The molecule has 0 aliphatic carbocycles. The van der Waals surface area contributed by atoms with Gasteiger partial charge in [0.05, 0.1) is 11.3 Å². The summed E-state index contributed by atoms with van der Waals surface area (Å²) >= 11 is 5.80. The highest BCUT2D eigenvalue weighted by molar-refractivity contribution is 8.25. The third-order valence-electron chi connectivity index (χ3n) is 3.37. The lowest BCUT2D eigenvalue weighted by molar-refractivity contribution is 0.408. The van der Waals surface area contributed by atoms with Crippen LogP contribution in [0.2, 0.25) is 5.02 Å². The standard InChI is InChI=1S/C13H13ClFNO5S/c14-7-2-3-9(15)8(6-7)12-10(17)11(18)13(21-12)16-4-1-5-22(16,19)20/h2-3,6,17-20H,1,4-5H2. The van der Waals surface area contributed by atoms with Crippen molar-refractivity contribution in [3.8, 4) is 22.8 Å². The zero-order chi connectivity index (χ0) is 16.1. The van der Waals surface area contributed by atoms with Gasteiger partial charge in [0.1, 0.15) is 5.82 Å². The van der Waals surface area contributed by atoms with Gasteiger partial charge in [-0.05, 0) is 24.6 Å². The van der Waals surface area contributed by atoms with Crippen molar-refractivity contribution in [2.45, 2.75) is 6.42 Å². The van der Waals surface area contributed by atoms with Crippen LogP contribution in [0.3, 0.4) is 0 Å². The third kappa shape index (κ3) is 2.38. The summed E-state index contributed by atoms with van der Waals surface area (Å²) in [5.74, 6) is -2.55. The molecule has 1 fully saturated rings. The van der Waals surface area contributed by atoms with Crippen LogP contribution < -0.4 is 4.31 Å². The van der Waals surface area contributed by atoms with Gasteiger partial charge in [-0.2, -0.15) is 0 Å². The van der Waals surface area contributed by atoms with Gasteiger partial charge in [-0.3, -0.25) is 9.11 Å². The number of aromatic hydroxyl groups is 2. The van der Waals surface area contributed by atoms with Gasteiger partial charge in [0.15, 0.2) is 5.76 Å². The van der Waals surface area contributed by atoms with E-state index < -0.39 is 28.1 Å². The van der Waals surface area contributed by atoms with Crippen LogP contribution in [0.5, 0.6) is 11.5 Å². The number of anilines is 1. The van der Waals surface area contributed by atoms with Crippen LogP contribution in [0, 0.1) is 5.82 Å². The molecule has 0 radical (unpaired) electrons. The fourth-order valence-electron chi connectivity index (χ4n) is 2.32. The molecule has 0 unspecified atom stereocenters. The number of hydrogen-bond donors (Lipinski definition) is 4. The van der Waals surface area contributed by atoms with E-state index in [1.807, 2.05) is 0 Å². The smallest absolute Gasteiger partial charge is 0.261 e. The van der Waals surface area contributed by atoms with E-state index in [1.54, 1.807) is 0 Å². The lowest BCUT2D eigenvalue weighted by Crippen LogP contribution is -2.21. The van der Waals surface area contributed by atoms with Gasteiger partial charge in [0.25, 0.3) is 5.88 Å². The van der Waals surface area contributed by atoms with Crippen molar-refractivity contribution in [3.05, 3.63) is 29.0 Å². The van der Waals surface area contributed by atoms with Gasteiger partial charge in [0.2, 0.25) is 11.5 Å². The molecular formula is C13H13ClFNO5S. The van der Waals surface area contributed by atoms with Crippen molar-refractivity contribution < 1.29 is 28.1 Å². The summed E-state index contributed by atoms with van der Waals surface area (Å²) in [5.41, 5.74) is -0.137. The van der Waals surface area contributed by atoms with E-state index in [9.17, 15) is 23.7 Å². The van der Waals surface area contributed by atoms with E-state index in [2.05, 4.69) is 0 Å². The number of benzene rings is 1. The fraction of sp³-hybridized carbons (Fsp3) is 0.231. The van der Waals surface area contributed by atoms with Crippen LogP contribution in [0.4, 0.5) is 10.3 Å². The molecule has 6 nitrogen and oxygen atoms in total. The maximum Gasteiger partial charge on any atom is 0.261 e. The second-order valence-electron chi connectivity index (χ2n) is 4.85. The molecule has 1 aromatic heterocycles. The Bertz CT molecular complexity index is 735. The number of rotatable bonds is 2. The van der Waals surface area contributed by atoms with Crippen LogP contribution in [-0.4, -0.2) is 31.6 Å². The van der Waals surface area contributed by atoms with E-state index in [4.69, 9.17) is 16.0 Å². The monoisotopic (exact) mass is 349 g/mol.